The van der Waals surface area contributed by atoms with Crippen molar-refractivity contribution in [2.24, 2.45) is 0 Å². The summed E-state index contributed by atoms with van der Waals surface area (Å²) >= 11 is 0. The lowest BCUT2D eigenvalue weighted by Crippen LogP contribution is -2.28. The second-order valence-electron chi connectivity index (χ2n) is 4.03. The van der Waals surface area contributed by atoms with Crippen LogP contribution in [-0.2, 0) is 4.79 Å². The van der Waals surface area contributed by atoms with Gasteiger partial charge in [-0.1, -0.05) is 12.5 Å². The van der Waals surface area contributed by atoms with E-state index < -0.39 is 5.97 Å². The Kier molecular flexibility index (Phi) is 4.14. The quantitative estimate of drug-likeness (QED) is 0.661. The minimum Gasteiger partial charge on any atom is -0.478 e. The number of carboxylic acid groups (broad SMARTS) is 1. The first-order valence-electron chi connectivity index (χ1n) is 5.27. The summed E-state index contributed by atoms with van der Waals surface area (Å²) in [5.41, 5.74) is 0.942. The highest BCUT2D eigenvalue weighted by Gasteiger charge is 2.28. The van der Waals surface area contributed by atoms with Crippen LogP contribution < -0.4 is 0 Å². The fourth-order valence-electron chi connectivity index (χ4n) is 1.69. The topological polar surface area (TPSA) is 40.5 Å². The van der Waals surface area contributed by atoms with E-state index in [0.717, 1.165) is 25.1 Å². The monoisotopic (exact) mass is 197 g/mol. The average Bonchev–Trinajstić information content (AvgIpc) is 2.83. The lowest BCUT2D eigenvalue weighted by atomic mass is 10.2. The smallest absolute Gasteiger partial charge is 0.328 e. The molecule has 0 aliphatic heterocycles. The highest BCUT2D eigenvalue weighted by Crippen LogP contribution is 2.27. The Hall–Kier alpha value is -0.830. The Morgan fingerprint density at radius 1 is 1.57 bits per heavy atom. The van der Waals surface area contributed by atoms with E-state index in [1.54, 1.807) is 0 Å². The van der Waals surface area contributed by atoms with Gasteiger partial charge in [0.15, 0.2) is 0 Å². The van der Waals surface area contributed by atoms with E-state index in [4.69, 9.17) is 5.11 Å². The molecule has 1 saturated carbocycles. The summed E-state index contributed by atoms with van der Waals surface area (Å²) < 4.78 is 0. The molecule has 0 amide bonds. The van der Waals surface area contributed by atoms with E-state index in [-0.39, 0.29) is 0 Å². The molecule has 0 bridgehead atoms. The molecule has 0 spiro atoms. The molecular weight excluding hydrogens is 178 g/mol. The first-order chi connectivity index (χ1) is 6.63. The molecule has 0 aromatic carbocycles. The molecule has 0 aromatic rings. The fraction of sp³-hybridized carbons (Fsp3) is 0.727. The van der Waals surface area contributed by atoms with Gasteiger partial charge in [0, 0.05) is 18.7 Å². The third-order valence-corrected chi connectivity index (χ3v) is 2.40. The van der Waals surface area contributed by atoms with Gasteiger partial charge in [0.1, 0.15) is 0 Å². The number of carbonyl (C=O) groups is 1. The maximum atomic E-state index is 10.4. The van der Waals surface area contributed by atoms with E-state index in [9.17, 15) is 4.79 Å². The van der Waals surface area contributed by atoms with Crippen LogP contribution in [0.4, 0.5) is 0 Å². The highest BCUT2D eigenvalue weighted by atomic mass is 16.4. The van der Waals surface area contributed by atoms with Gasteiger partial charge < -0.3 is 5.11 Å². The molecule has 0 heterocycles. The average molecular weight is 197 g/mol. The maximum absolute atomic E-state index is 10.4. The van der Waals surface area contributed by atoms with Gasteiger partial charge in [-0.3, -0.25) is 4.90 Å². The number of hydrogen-bond acceptors (Lipinski definition) is 2. The molecule has 0 unspecified atom stereocenters. The van der Waals surface area contributed by atoms with Crippen molar-refractivity contribution in [3.05, 3.63) is 11.6 Å². The predicted octanol–water partition coefficient (Wildman–Crippen LogP) is 1.89. The summed E-state index contributed by atoms with van der Waals surface area (Å²) in [5, 5.41) is 8.59. The zero-order chi connectivity index (χ0) is 10.6. The number of nitrogens with zero attached hydrogens (tertiary/aromatic N) is 1. The summed E-state index contributed by atoms with van der Waals surface area (Å²) in [5.74, 6) is -0.838. The molecule has 3 nitrogen and oxygen atoms in total. The molecule has 14 heavy (non-hydrogen) atoms. The van der Waals surface area contributed by atoms with E-state index >= 15 is 0 Å². The molecule has 1 rings (SSSR count). The largest absolute Gasteiger partial charge is 0.478 e. The summed E-state index contributed by atoms with van der Waals surface area (Å²) in [7, 11) is 0. The minimum absolute atomic E-state index is 0.715. The third kappa shape index (κ3) is 3.92. The molecule has 3 heteroatoms. The second kappa shape index (κ2) is 5.15. The van der Waals surface area contributed by atoms with Crippen molar-refractivity contribution in [1.82, 2.24) is 4.90 Å². The van der Waals surface area contributed by atoms with Gasteiger partial charge in [-0.2, -0.15) is 0 Å². The molecule has 1 N–H and O–H groups in total. The van der Waals surface area contributed by atoms with Crippen LogP contribution in [0.25, 0.3) is 0 Å². The van der Waals surface area contributed by atoms with Crippen LogP contribution in [0.3, 0.4) is 0 Å². The molecule has 1 aliphatic carbocycles. The van der Waals surface area contributed by atoms with Crippen LogP contribution in [0.5, 0.6) is 0 Å². The van der Waals surface area contributed by atoms with Crippen molar-refractivity contribution in [2.45, 2.75) is 39.2 Å². The Morgan fingerprint density at radius 2 is 2.21 bits per heavy atom. The summed E-state index contributed by atoms with van der Waals surface area (Å²) in [6.45, 7) is 5.94. The van der Waals surface area contributed by atoms with Gasteiger partial charge in [0.2, 0.25) is 0 Å². The Labute approximate surface area is 85.4 Å². The first-order valence-corrected chi connectivity index (χ1v) is 5.27. The van der Waals surface area contributed by atoms with E-state index in [2.05, 4.69) is 11.8 Å². The normalized spacial score (nSPS) is 17.5. The van der Waals surface area contributed by atoms with Crippen molar-refractivity contribution < 1.29 is 9.90 Å². The van der Waals surface area contributed by atoms with Gasteiger partial charge in [-0.05, 0) is 32.7 Å². The van der Waals surface area contributed by atoms with Crippen molar-refractivity contribution >= 4 is 5.97 Å². The predicted molar refractivity (Wildman–Crippen MR) is 56.3 cm³/mol. The standard InChI is InChI=1S/C11H19NO2/c1-3-6-12(10-4-5-10)8-9(2)7-11(13)14/h7,10H,3-6,8H2,1-2H3,(H,13,14). The molecule has 1 aliphatic rings. The third-order valence-electron chi connectivity index (χ3n) is 2.40. The molecule has 0 aromatic heterocycles. The maximum Gasteiger partial charge on any atom is 0.328 e. The second-order valence-corrected chi connectivity index (χ2v) is 4.03. The Morgan fingerprint density at radius 3 is 2.64 bits per heavy atom. The summed E-state index contributed by atoms with van der Waals surface area (Å²) in [6, 6.07) is 0.715. The van der Waals surface area contributed by atoms with Crippen LogP contribution in [0.15, 0.2) is 11.6 Å². The highest BCUT2D eigenvalue weighted by molar-refractivity contribution is 5.80. The number of rotatable bonds is 6. The summed E-state index contributed by atoms with van der Waals surface area (Å²) in [4.78, 5) is 12.8. The van der Waals surface area contributed by atoms with Crippen LogP contribution in [-0.4, -0.2) is 35.1 Å². The van der Waals surface area contributed by atoms with E-state index in [1.807, 2.05) is 6.92 Å². The molecule has 0 saturated heterocycles. The first kappa shape index (κ1) is 11.2. The Balaban J connectivity index is 2.41. The Bertz CT molecular complexity index is 231. The lowest BCUT2D eigenvalue weighted by Gasteiger charge is -2.21. The number of aliphatic carboxylic acids is 1. The molecule has 0 atom stereocenters. The van der Waals surface area contributed by atoms with Crippen molar-refractivity contribution in [3.63, 3.8) is 0 Å². The zero-order valence-corrected chi connectivity index (χ0v) is 8.99. The number of carboxylic acids is 1. The van der Waals surface area contributed by atoms with Gasteiger partial charge in [-0.15, -0.1) is 0 Å². The molecular formula is C11H19NO2. The fourth-order valence-corrected chi connectivity index (χ4v) is 1.69. The van der Waals surface area contributed by atoms with Gasteiger partial charge in [-0.25, -0.2) is 4.79 Å². The van der Waals surface area contributed by atoms with Gasteiger partial charge in [0.05, 0.1) is 0 Å². The van der Waals surface area contributed by atoms with Crippen LogP contribution in [0.2, 0.25) is 0 Å². The van der Waals surface area contributed by atoms with Crippen molar-refractivity contribution in [1.29, 1.82) is 0 Å². The van der Waals surface area contributed by atoms with E-state index in [1.165, 1.54) is 18.9 Å². The van der Waals surface area contributed by atoms with Gasteiger partial charge >= 0.3 is 5.97 Å². The van der Waals surface area contributed by atoms with Gasteiger partial charge in [0.25, 0.3) is 0 Å². The molecule has 80 valence electrons. The van der Waals surface area contributed by atoms with Crippen LogP contribution in [0.1, 0.15) is 33.1 Å². The molecule has 0 radical (unpaired) electrons. The number of hydrogen-bond donors (Lipinski definition) is 1. The van der Waals surface area contributed by atoms with Crippen LogP contribution >= 0.6 is 0 Å². The zero-order valence-electron chi connectivity index (χ0n) is 8.99. The minimum atomic E-state index is -0.838. The van der Waals surface area contributed by atoms with E-state index in [0.29, 0.717) is 6.04 Å². The molecule has 1 fully saturated rings. The van der Waals surface area contributed by atoms with Crippen molar-refractivity contribution in [2.75, 3.05) is 13.1 Å². The van der Waals surface area contributed by atoms with Crippen LogP contribution in [0, 0.1) is 0 Å². The van der Waals surface area contributed by atoms with Crippen molar-refractivity contribution in [3.8, 4) is 0 Å². The lowest BCUT2D eigenvalue weighted by molar-refractivity contribution is -0.131. The SMILES string of the molecule is CCCN(CC(C)=CC(=O)O)C1CC1. The summed E-state index contributed by atoms with van der Waals surface area (Å²) in [6.07, 6.45) is 5.00.